The molecule has 0 amide bonds. The topological polar surface area (TPSA) is 17.1 Å². The predicted octanol–water partition coefficient (Wildman–Crippen LogP) is 3.33. The van der Waals surface area contributed by atoms with E-state index in [0.717, 1.165) is 32.1 Å². The molecule has 1 heteroatoms. The van der Waals surface area contributed by atoms with Gasteiger partial charge in [-0.15, -0.1) is 0 Å². The van der Waals surface area contributed by atoms with Gasteiger partial charge in [0.1, 0.15) is 5.78 Å². The molecule has 1 nitrogen and oxygen atoms in total. The van der Waals surface area contributed by atoms with E-state index in [-0.39, 0.29) is 0 Å². The first-order valence-corrected chi connectivity index (χ1v) is 4.83. The van der Waals surface area contributed by atoms with Gasteiger partial charge in [0, 0.05) is 12.8 Å². The van der Waals surface area contributed by atoms with Crippen LogP contribution in [0.2, 0.25) is 0 Å². The highest BCUT2D eigenvalue weighted by molar-refractivity contribution is 5.78. The summed E-state index contributed by atoms with van der Waals surface area (Å²) < 4.78 is 0. The minimum absolute atomic E-state index is 0.459. The maximum Gasteiger partial charge on any atom is 0.132 e. The van der Waals surface area contributed by atoms with Crippen molar-refractivity contribution < 1.29 is 4.79 Å². The number of carbonyl (C=O) groups excluding carboxylic acids is 1. The fourth-order valence-corrected chi connectivity index (χ4v) is 1.07. The first-order valence-electron chi connectivity index (χ1n) is 4.83. The summed E-state index contributed by atoms with van der Waals surface area (Å²) in [6, 6.07) is 0. The van der Waals surface area contributed by atoms with Gasteiger partial charge >= 0.3 is 0 Å². The van der Waals surface area contributed by atoms with Crippen LogP contribution in [-0.2, 0) is 4.79 Å². The molecule has 0 rings (SSSR count). The molecule has 66 valence electrons. The van der Waals surface area contributed by atoms with Gasteiger partial charge in [0.25, 0.3) is 0 Å². The van der Waals surface area contributed by atoms with Crippen LogP contribution in [-0.4, -0.2) is 5.78 Å². The quantitative estimate of drug-likeness (QED) is 0.517. The summed E-state index contributed by atoms with van der Waals surface area (Å²) in [6.07, 6.45) is 7.34. The second-order valence-corrected chi connectivity index (χ2v) is 3.10. The standard InChI is InChI=1S/C10H20O/c1-3-5-7-9-10(11)8-6-4-2/h3-9H2,1-2H3. The number of hydrogen-bond donors (Lipinski definition) is 0. The largest absolute Gasteiger partial charge is 0.300 e. The molecule has 0 heterocycles. The molecule has 11 heavy (non-hydrogen) atoms. The minimum Gasteiger partial charge on any atom is -0.300 e. The Morgan fingerprint density at radius 1 is 0.909 bits per heavy atom. The van der Waals surface area contributed by atoms with Crippen LogP contribution in [0, 0.1) is 0 Å². The van der Waals surface area contributed by atoms with Gasteiger partial charge in [0.2, 0.25) is 0 Å². The van der Waals surface area contributed by atoms with Crippen molar-refractivity contribution in [2.75, 3.05) is 0 Å². The molecular formula is C10H20O. The third kappa shape index (κ3) is 7.57. The summed E-state index contributed by atoms with van der Waals surface area (Å²) in [7, 11) is 0. The van der Waals surface area contributed by atoms with Gasteiger partial charge in [-0.2, -0.15) is 0 Å². The fraction of sp³-hybridized carbons (Fsp3) is 0.900. The van der Waals surface area contributed by atoms with Crippen LogP contribution in [0.5, 0.6) is 0 Å². The molecule has 0 aromatic heterocycles. The Morgan fingerprint density at radius 3 is 2.00 bits per heavy atom. The molecule has 0 aromatic rings. The zero-order valence-corrected chi connectivity index (χ0v) is 7.86. The Labute approximate surface area is 70.2 Å². The molecule has 0 aliphatic carbocycles. The molecule has 0 aromatic carbocycles. The van der Waals surface area contributed by atoms with Gasteiger partial charge < -0.3 is 0 Å². The average molecular weight is 156 g/mol. The SMILES string of the molecule is CCCCCC(=O)CCCC. The second-order valence-electron chi connectivity index (χ2n) is 3.10. The van der Waals surface area contributed by atoms with Crippen LogP contribution in [0.3, 0.4) is 0 Å². The second kappa shape index (κ2) is 7.77. The van der Waals surface area contributed by atoms with Crippen molar-refractivity contribution in [3.8, 4) is 0 Å². The van der Waals surface area contributed by atoms with Gasteiger partial charge in [-0.1, -0.05) is 33.1 Å². The zero-order valence-electron chi connectivity index (χ0n) is 7.86. The molecule has 0 fully saturated rings. The van der Waals surface area contributed by atoms with Crippen molar-refractivity contribution in [1.82, 2.24) is 0 Å². The van der Waals surface area contributed by atoms with Crippen molar-refractivity contribution in [2.45, 2.75) is 58.8 Å². The molecule has 0 saturated carbocycles. The number of rotatable bonds is 7. The fourth-order valence-electron chi connectivity index (χ4n) is 1.07. The maximum atomic E-state index is 11.1. The molecule has 0 radical (unpaired) electrons. The monoisotopic (exact) mass is 156 g/mol. The Morgan fingerprint density at radius 2 is 1.45 bits per heavy atom. The summed E-state index contributed by atoms with van der Waals surface area (Å²) in [5.74, 6) is 0.459. The highest BCUT2D eigenvalue weighted by Gasteiger charge is 1.99. The van der Waals surface area contributed by atoms with Crippen LogP contribution in [0.4, 0.5) is 0 Å². The first-order chi connectivity index (χ1) is 5.31. The van der Waals surface area contributed by atoms with E-state index in [4.69, 9.17) is 0 Å². The molecule has 0 spiro atoms. The lowest BCUT2D eigenvalue weighted by Gasteiger charge is -1.97. The number of unbranched alkanes of at least 4 members (excludes halogenated alkanes) is 3. The molecule has 0 aliphatic rings. The Hall–Kier alpha value is -0.330. The van der Waals surface area contributed by atoms with Crippen LogP contribution < -0.4 is 0 Å². The predicted molar refractivity (Wildman–Crippen MR) is 48.7 cm³/mol. The van der Waals surface area contributed by atoms with E-state index >= 15 is 0 Å². The van der Waals surface area contributed by atoms with E-state index in [9.17, 15) is 4.79 Å². The molecule has 0 unspecified atom stereocenters. The minimum atomic E-state index is 0.459. The van der Waals surface area contributed by atoms with Crippen molar-refractivity contribution in [2.24, 2.45) is 0 Å². The van der Waals surface area contributed by atoms with E-state index in [1.165, 1.54) is 12.8 Å². The number of Topliss-reactive ketones (excluding diaryl/α,β-unsaturated/α-hetero) is 1. The molecule has 0 N–H and O–H groups in total. The summed E-state index contributed by atoms with van der Waals surface area (Å²) in [4.78, 5) is 11.1. The summed E-state index contributed by atoms with van der Waals surface area (Å²) >= 11 is 0. The van der Waals surface area contributed by atoms with E-state index in [2.05, 4.69) is 13.8 Å². The third-order valence-electron chi connectivity index (χ3n) is 1.87. The summed E-state index contributed by atoms with van der Waals surface area (Å²) in [6.45, 7) is 4.29. The molecular weight excluding hydrogens is 136 g/mol. The Balaban J connectivity index is 3.09. The maximum absolute atomic E-state index is 11.1. The smallest absolute Gasteiger partial charge is 0.132 e. The average Bonchev–Trinajstić information content (AvgIpc) is 2.01. The van der Waals surface area contributed by atoms with Gasteiger partial charge in [0.15, 0.2) is 0 Å². The Bertz CT molecular complexity index is 97.0. The van der Waals surface area contributed by atoms with Crippen LogP contribution in [0.25, 0.3) is 0 Å². The normalized spacial score (nSPS) is 10.0. The number of carbonyl (C=O) groups is 1. The third-order valence-corrected chi connectivity index (χ3v) is 1.87. The lowest BCUT2D eigenvalue weighted by atomic mass is 10.1. The van der Waals surface area contributed by atoms with Gasteiger partial charge in [-0.3, -0.25) is 4.79 Å². The van der Waals surface area contributed by atoms with Gasteiger partial charge in [0.05, 0.1) is 0 Å². The lowest BCUT2D eigenvalue weighted by Crippen LogP contribution is -1.96. The van der Waals surface area contributed by atoms with Crippen molar-refractivity contribution in [3.05, 3.63) is 0 Å². The van der Waals surface area contributed by atoms with E-state index in [1.54, 1.807) is 0 Å². The van der Waals surface area contributed by atoms with Crippen LogP contribution in [0.15, 0.2) is 0 Å². The zero-order chi connectivity index (χ0) is 8.53. The van der Waals surface area contributed by atoms with Crippen LogP contribution in [0.1, 0.15) is 58.8 Å². The summed E-state index contributed by atoms with van der Waals surface area (Å²) in [5, 5.41) is 0. The van der Waals surface area contributed by atoms with Crippen molar-refractivity contribution in [1.29, 1.82) is 0 Å². The lowest BCUT2D eigenvalue weighted by molar-refractivity contribution is -0.119. The first kappa shape index (κ1) is 10.7. The van der Waals surface area contributed by atoms with E-state index in [1.807, 2.05) is 0 Å². The number of hydrogen-bond acceptors (Lipinski definition) is 1. The molecule has 0 saturated heterocycles. The van der Waals surface area contributed by atoms with Crippen molar-refractivity contribution in [3.63, 3.8) is 0 Å². The van der Waals surface area contributed by atoms with Crippen LogP contribution >= 0.6 is 0 Å². The Kier molecular flexibility index (Phi) is 7.54. The molecule has 0 aliphatic heterocycles. The van der Waals surface area contributed by atoms with Crippen molar-refractivity contribution >= 4 is 5.78 Å². The van der Waals surface area contributed by atoms with E-state index in [0.29, 0.717) is 5.78 Å². The molecule has 0 bridgehead atoms. The van der Waals surface area contributed by atoms with Gasteiger partial charge in [-0.25, -0.2) is 0 Å². The molecule has 0 atom stereocenters. The number of ketones is 1. The highest BCUT2D eigenvalue weighted by atomic mass is 16.1. The highest BCUT2D eigenvalue weighted by Crippen LogP contribution is 2.04. The van der Waals surface area contributed by atoms with Gasteiger partial charge in [-0.05, 0) is 12.8 Å². The van der Waals surface area contributed by atoms with E-state index < -0.39 is 0 Å². The summed E-state index contributed by atoms with van der Waals surface area (Å²) in [5.41, 5.74) is 0.